The number of hydrazine groups is 1. The number of alkyl halides is 6. The van der Waals surface area contributed by atoms with Crippen molar-refractivity contribution in [1.29, 1.82) is 0 Å². The molecule has 0 spiro atoms. The number of oxime groups is 1. The summed E-state index contributed by atoms with van der Waals surface area (Å²) in [4.78, 5) is 30.8. The van der Waals surface area contributed by atoms with Crippen LogP contribution in [0.25, 0.3) is 0 Å². The van der Waals surface area contributed by atoms with Crippen LogP contribution < -0.4 is 10.4 Å². The minimum Gasteiger partial charge on any atom is -0.374 e. The van der Waals surface area contributed by atoms with Crippen molar-refractivity contribution >= 4 is 58.0 Å². The van der Waals surface area contributed by atoms with E-state index in [-0.39, 0.29) is 37.6 Å². The Morgan fingerprint density at radius 1 is 0.929 bits per heavy atom. The van der Waals surface area contributed by atoms with E-state index >= 15 is 0 Å². The molecule has 0 radical (unpaired) electrons. The number of halogens is 9. The third-order valence-corrected chi connectivity index (χ3v) is 6.89. The molecular formula is C27H18Cl3F6N3O3. The number of rotatable bonds is 6. The van der Waals surface area contributed by atoms with Crippen LogP contribution in [0.2, 0.25) is 15.1 Å². The molecule has 222 valence electrons. The van der Waals surface area contributed by atoms with Gasteiger partial charge in [-0.2, -0.15) is 26.3 Å². The van der Waals surface area contributed by atoms with Gasteiger partial charge in [-0.1, -0.05) is 64.2 Å². The SMILES string of the molecule is O=C(CCC(F)(F)F)NN(C(=O)c1ccccc1)c1cc(C2=NOC(c3cc(Cl)cc(Cl)c3)(C(F)(F)F)C2)ccc1Cl. The summed E-state index contributed by atoms with van der Waals surface area (Å²) in [5, 5.41) is 4.01. The quantitative estimate of drug-likeness (QED) is 0.215. The summed E-state index contributed by atoms with van der Waals surface area (Å²) in [5.41, 5.74) is -1.63. The van der Waals surface area contributed by atoms with Crippen LogP contribution in [0.1, 0.15) is 40.7 Å². The number of hydrogen-bond donors (Lipinski definition) is 1. The Hall–Kier alpha value is -3.48. The molecule has 1 heterocycles. The molecule has 0 fully saturated rings. The van der Waals surface area contributed by atoms with E-state index in [4.69, 9.17) is 39.6 Å². The van der Waals surface area contributed by atoms with Crippen molar-refractivity contribution in [3.63, 3.8) is 0 Å². The van der Waals surface area contributed by atoms with Gasteiger partial charge < -0.3 is 4.84 Å². The molecule has 1 N–H and O–H groups in total. The Morgan fingerprint density at radius 3 is 2.17 bits per heavy atom. The lowest BCUT2D eigenvalue weighted by Gasteiger charge is -2.29. The molecule has 15 heteroatoms. The zero-order valence-electron chi connectivity index (χ0n) is 21.0. The van der Waals surface area contributed by atoms with Gasteiger partial charge in [-0.3, -0.25) is 15.0 Å². The summed E-state index contributed by atoms with van der Waals surface area (Å²) in [7, 11) is 0. The van der Waals surface area contributed by atoms with Gasteiger partial charge >= 0.3 is 12.4 Å². The first-order valence-corrected chi connectivity index (χ1v) is 13.1. The second-order valence-electron chi connectivity index (χ2n) is 9.11. The monoisotopic (exact) mass is 651 g/mol. The van der Waals surface area contributed by atoms with Gasteiger partial charge in [0.2, 0.25) is 5.91 Å². The average Bonchev–Trinajstić information content (AvgIpc) is 3.38. The number of hydrogen-bond acceptors (Lipinski definition) is 4. The van der Waals surface area contributed by atoms with E-state index in [1.165, 1.54) is 42.5 Å². The first-order valence-electron chi connectivity index (χ1n) is 11.9. The molecule has 0 saturated heterocycles. The van der Waals surface area contributed by atoms with Gasteiger partial charge in [0.1, 0.15) is 0 Å². The first-order chi connectivity index (χ1) is 19.6. The van der Waals surface area contributed by atoms with Gasteiger partial charge in [-0.25, -0.2) is 5.01 Å². The van der Waals surface area contributed by atoms with E-state index in [9.17, 15) is 35.9 Å². The third-order valence-electron chi connectivity index (χ3n) is 6.13. The summed E-state index contributed by atoms with van der Waals surface area (Å²) in [6.45, 7) is 0. The number of benzene rings is 3. The van der Waals surface area contributed by atoms with Crippen LogP contribution in [0.5, 0.6) is 0 Å². The highest BCUT2D eigenvalue weighted by molar-refractivity contribution is 6.35. The van der Waals surface area contributed by atoms with E-state index in [1.54, 1.807) is 6.07 Å². The summed E-state index contributed by atoms with van der Waals surface area (Å²) < 4.78 is 81.4. The minimum absolute atomic E-state index is 0.0176. The molecule has 0 aromatic heterocycles. The lowest BCUT2D eigenvalue weighted by atomic mass is 9.86. The molecule has 2 amide bonds. The van der Waals surface area contributed by atoms with Crippen molar-refractivity contribution in [3.8, 4) is 0 Å². The van der Waals surface area contributed by atoms with Gasteiger partial charge in [-0.05, 0) is 42.5 Å². The fourth-order valence-corrected chi connectivity index (χ4v) is 4.80. The Bertz CT molecular complexity index is 1510. The van der Waals surface area contributed by atoms with Gasteiger partial charge in [0, 0.05) is 39.6 Å². The highest BCUT2D eigenvalue weighted by Gasteiger charge is 2.62. The maximum absolute atomic E-state index is 14.4. The molecule has 1 aliphatic rings. The lowest BCUT2D eigenvalue weighted by molar-refractivity contribution is -0.275. The van der Waals surface area contributed by atoms with Crippen LogP contribution in [-0.2, 0) is 15.2 Å². The van der Waals surface area contributed by atoms with Crippen LogP contribution in [0.15, 0.2) is 71.9 Å². The second kappa shape index (κ2) is 12.0. The van der Waals surface area contributed by atoms with Crippen LogP contribution in [0, 0.1) is 0 Å². The van der Waals surface area contributed by atoms with E-state index in [0.717, 1.165) is 18.2 Å². The van der Waals surface area contributed by atoms with Crippen molar-refractivity contribution < 1.29 is 40.8 Å². The fourth-order valence-electron chi connectivity index (χ4n) is 4.08. The van der Waals surface area contributed by atoms with Crippen molar-refractivity contribution in [3.05, 3.63) is 98.5 Å². The van der Waals surface area contributed by atoms with E-state index in [0.29, 0.717) is 5.01 Å². The minimum atomic E-state index is -4.98. The van der Waals surface area contributed by atoms with Gasteiger partial charge in [0.05, 0.1) is 22.8 Å². The fraction of sp³-hybridized carbons (Fsp3) is 0.222. The topological polar surface area (TPSA) is 71.0 Å². The maximum atomic E-state index is 14.4. The zero-order chi connectivity index (χ0) is 30.9. The number of carbonyl (C=O) groups excluding carboxylic acids is 2. The van der Waals surface area contributed by atoms with Crippen molar-refractivity contribution in [2.24, 2.45) is 5.16 Å². The van der Waals surface area contributed by atoms with Crippen LogP contribution in [0.3, 0.4) is 0 Å². The predicted octanol–water partition coefficient (Wildman–Crippen LogP) is 8.25. The van der Waals surface area contributed by atoms with E-state index in [1.807, 2.05) is 0 Å². The average molecular weight is 653 g/mol. The summed E-state index contributed by atoms with van der Waals surface area (Å²) >= 11 is 18.2. The number of nitrogens with zero attached hydrogens (tertiary/aromatic N) is 2. The predicted molar refractivity (Wildman–Crippen MR) is 145 cm³/mol. The molecule has 0 saturated carbocycles. The largest absolute Gasteiger partial charge is 0.435 e. The molecule has 42 heavy (non-hydrogen) atoms. The number of nitrogens with one attached hydrogen (secondary N) is 1. The lowest BCUT2D eigenvalue weighted by Crippen LogP contribution is -2.47. The van der Waals surface area contributed by atoms with Crippen LogP contribution >= 0.6 is 34.8 Å². The third kappa shape index (κ3) is 6.93. The molecule has 1 atom stereocenters. The van der Waals surface area contributed by atoms with Crippen molar-refractivity contribution in [2.45, 2.75) is 37.2 Å². The highest BCUT2D eigenvalue weighted by atomic mass is 35.5. The van der Waals surface area contributed by atoms with Crippen molar-refractivity contribution in [2.75, 3.05) is 5.01 Å². The van der Waals surface area contributed by atoms with Gasteiger partial charge in [0.25, 0.3) is 11.5 Å². The maximum Gasteiger partial charge on any atom is 0.435 e. The van der Waals surface area contributed by atoms with Crippen LogP contribution in [-0.4, -0.2) is 29.9 Å². The number of amides is 2. The highest BCUT2D eigenvalue weighted by Crippen LogP contribution is 2.50. The molecule has 4 rings (SSSR count). The Balaban J connectivity index is 1.72. The molecule has 3 aromatic carbocycles. The Kier molecular flexibility index (Phi) is 9.00. The molecule has 0 aliphatic carbocycles. The molecule has 6 nitrogen and oxygen atoms in total. The molecule has 0 bridgehead atoms. The molecule has 1 unspecified atom stereocenters. The number of carbonyl (C=O) groups is 2. The number of anilines is 1. The normalized spacial score (nSPS) is 16.9. The summed E-state index contributed by atoms with van der Waals surface area (Å²) in [6.07, 6.45) is -12.9. The van der Waals surface area contributed by atoms with Crippen molar-refractivity contribution in [1.82, 2.24) is 5.43 Å². The molecule has 3 aromatic rings. The smallest absolute Gasteiger partial charge is 0.374 e. The standard InChI is InChI=1S/C27H18Cl3F6N3O3/c28-18-11-17(12-19(29)13-18)25(27(34,35)36)14-21(38-42-25)16-6-7-20(30)22(10-16)39(24(41)15-4-2-1-3-5-15)37-23(40)8-9-26(31,32)33/h1-7,10-13H,8-9,14H2,(H,37,40). The molecular weight excluding hydrogens is 635 g/mol. The first kappa shape index (κ1) is 31.5. The zero-order valence-corrected chi connectivity index (χ0v) is 23.3. The van der Waals surface area contributed by atoms with Gasteiger partial charge in [0.15, 0.2) is 0 Å². The molecule has 1 aliphatic heterocycles. The second-order valence-corrected chi connectivity index (χ2v) is 10.4. The Labute approximate surface area is 249 Å². The van der Waals surface area contributed by atoms with E-state index in [2.05, 4.69) is 10.6 Å². The summed E-state index contributed by atoms with van der Waals surface area (Å²) in [6, 6.07) is 14.4. The van der Waals surface area contributed by atoms with E-state index < -0.39 is 54.6 Å². The summed E-state index contributed by atoms with van der Waals surface area (Å²) in [5.74, 6) is -2.04. The Morgan fingerprint density at radius 2 is 1.57 bits per heavy atom. The van der Waals surface area contributed by atoms with Crippen LogP contribution in [0.4, 0.5) is 32.0 Å². The van der Waals surface area contributed by atoms with Gasteiger partial charge in [-0.15, -0.1) is 0 Å².